The van der Waals surface area contributed by atoms with Crippen molar-refractivity contribution >= 4 is 24.2 Å². The van der Waals surface area contributed by atoms with Crippen LogP contribution in [0, 0.1) is 0 Å². The van der Waals surface area contributed by atoms with Crippen LogP contribution in [-0.4, -0.2) is 12.8 Å². The molecule has 0 aliphatic heterocycles. The molecule has 3 aromatic rings. The maximum absolute atomic E-state index is 6.37. The van der Waals surface area contributed by atoms with Crippen molar-refractivity contribution in [3.63, 3.8) is 0 Å². The second kappa shape index (κ2) is 8.69. The van der Waals surface area contributed by atoms with Crippen molar-refractivity contribution in [3.8, 4) is 11.3 Å². The molecule has 0 saturated heterocycles. The van der Waals surface area contributed by atoms with Crippen LogP contribution in [0.15, 0.2) is 42.5 Å². The van der Waals surface area contributed by atoms with Crippen LogP contribution in [0.1, 0.15) is 111 Å². The second-order valence-corrected chi connectivity index (χ2v) is 10.7. The molecule has 162 valence electrons. The van der Waals surface area contributed by atoms with E-state index in [4.69, 9.17) is 12.8 Å². The van der Waals surface area contributed by atoms with E-state index in [0.717, 1.165) is 23.4 Å². The molecule has 0 bridgehead atoms. The Hall–Kier alpha value is -2.09. The summed E-state index contributed by atoms with van der Waals surface area (Å²) in [6, 6.07) is 16.6. The molecular weight excluding hydrogens is 385 g/mol. The monoisotopic (exact) mass is 419 g/mol. The lowest BCUT2D eigenvalue weighted by molar-refractivity contribution is 0.701. The Kier molecular flexibility index (Phi) is 5.57. The van der Waals surface area contributed by atoms with Crippen LogP contribution in [0.3, 0.4) is 0 Å². The van der Waals surface area contributed by atoms with E-state index in [0.29, 0.717) is 5.59 Å². The highest BCUT2D eigenvalue weighted by Gasteiger charge is 2.23. The number of rotatable bonds is 4. The molecule has 0 atom stereocenters. The quantitative estimate of drug-likeness (QED) is 0.396. The first kappa shape index (κ1) is 20.5. The fourth-order valence-electron chi connectivity index (χ4n) is 6.83. The fourth-order valence-corrected chi connectivity index (χ4v) is 6.83. The third-order valence-corrected chi connectivity index (χ3v) is 8.61. The van der Waals surface area contributed by atoms with Gasteiger partial charge in [-0.15, -0.1) is 0 Å². The largest absolute Gasteiger partial charge is 0.264 e. The topological polar surface area (TPSA) is 12.9 Å². The standard InChI is InChI=1S/C30H34BN/c31-29-19-26-15-23(20-7-1-2-8-20)13-14-28(26)30(32-29)27-17-24(21-9-3-4-10-21)16-25(18-27)22-11-5-6-12-22/h13-22H,1-12H2. The van der Waals surface area contributed by atoms with Gasteiger partial charge in [-0.05, 0) is 102 Å². The first-order valence-corrected chi connectivity index (χ1v) is 13.1. The number of hydrogen-bond donors (Lipinski definition) is 0. The molecule has 3 fully saturated rings. The number of fused-ring (bicyclic) bond motifs is 1. The molecule has 3 aliphatic carbocycles. The first-order chi connectivity index (χ1) is 15.7. The number of nitrogens with zero attached hydrogens (tertiary/aromatic N) is 1. The van der Waals surface area contributed by atoms with Crippen molar-refractivity contribution in [1.82, 2.24) is 4.98 Å². The number of benzene rings is 2. The Labute approximate surface area is 194 Å². The van der Waals surface area contributed by atoms with E-state index >= 15 is 0 Å². The van der Waals surface area contributed by atoms with Crippen molar-refractivity contribution in [2.75, 3.05) is 0 Å². The minimum atomic E-state index is 0.643. The normalized spacial score (nSPS) is 20.6. The Bertz CT molecular complexity index is 1080. The Balaban J connectivity index is 1.48. The van der Waals surface area contributed by atoms with Gasteiger partial charge in [-0.1, -0.05) is 62.8 Å². The van der Waals surface area contributed by atoms with Gasteiger partial charge in [0.15, 0.2) is 0 Å². The summed E-state index contributed by atoms with van der Waals surface area (Å²) in [5, 5.41) is 2.51. The summed E-state index contributed by atoms with van der Waals surface area (Å²) < 4.78 is 0. The third kappa shape index (κ3) is 3.91. The van der Waals surface area contributed by atoms with Gasteiger partial charge in [-0.25, -0.2) is 0 Å². The van der Waals surface area contributed by atoms with Crippen LogP contribution >= 0.6 is 0 Å². The molecule has 1 aromatic heterocycles. The summed E-state index contributed by atoms with van der Waals surface area (Å²) in [6.45, 7) is 0. The molecule has 2 heteroatoms. The van der Waals surface area contributed by atoms with Crippen LogP contribution in [-0.2, 0) is 0 Å². The van der Waals surface area contributed by atoms with Crippen molar-refractivity contribution in [2.24, 2.45) is 0 Å². The lowest BCUT2D eigenvalue weighted by atomic mass is 9.86. The molecule has 2 radical (unpaired) electrons. The van der Waals surface area contributed by atoms with Gasteiger partial charge in [0.1, 0.15) is 7.85 Å². The third-order valence-electron chi connectivity index (χ3n) is 8.61. The molecule has 1 heterocycles. The van der Waals surface area contributed by atoms with Crippen molar-refractivity contribution < 1.29 is 0 Å². The second-order valence-electron chi connectivity index (χ2n) is 10.7. The van der Waals surface area contributed by atoms with Gasteiger partial charge in [-0.2, -0.15) is 0 Å². The van der Waals surface area contributed by atoms with Crippen molar-refractivity contribution in [3.05, 3.63) is 59.2 Å². The zero-order valence-corrected chi connectivity index (χ0v) is 19.3. The highest BCUT2D eigenvalue weighted by Crippen LogP contribution is 2.42. The van der Waals surface area contributed by atoms with Gasteiger partial charge >= 0.3 is 0 Å². The molecule has 0 spiro atoms. The van der Waals surface area contributed by atoms with Crippen molar-refractivity contribution in [1.29, 1.82) is 0 Å². The van der Waals surface area contributed by atoms with Gasteiger partial charge in [0.2, 0.25) is 0 Å². The van der Waals surface area contributed by atoms with Crippen molar-refractivity contribution in [2.45, 2.75) is 94.8 Å². The van der Waals surface area contributed by atoms with Gasteiger partial charge in [0.25, 0.3) is 0 Å². The number of aromatic nitrogens is 1. The molecule has 0 N–H and O–H groups in total. The van der Waals surface area contributed by atoms with E-state index in [2.05, 4.69) is 42.5 Å². The van der Waals surface area contributed by atoms with Crippen LogP contribution in [0.4, 0.5) is 0 Å². The van der Waals surface area contributed by atoms with E-state index in [-0.39, 0.29) is 0 Å². The molecule has 3 aliphatic rings. The van der Waals surface area contributed by atoms with Crippen LogP contribution in [0.25, 0.3) is 22.0 Å². The lowest BCUT2D eigenvalue weighted by Crippen LogP contribution is -2.10. The van der Waals surface area contributed by atoms with E-state index in [1.54, 1.807) is 11.1 Å². The summed E-state index contributed by atoms with van der Waals surface area (Å²) in [4.78, 5) is 4.91. The van der Waals surface area contributed by atoms with Crippen LogP contribution in [0.5, 0.6) is 0 Å². The van der Waals surface area contributed by atoms with Gasteiger partial charge in [0.05, 0.1) is 5.69 Å². The summed E-state index contributed by atoms with van der Waals surface area (Å²) in [5.41, 5.74) is 7.57. The summed E-state index contributed by atoms with van der Waals surface area (Å²) >= 11 is 0. The molecule has 1 nitrogen and oxygen atoms in total. The molecule has 3 saturated carbocycles. The Morgan fingerprint density at radius 2 is 1.12 bits per heavy atom. The van der Waals surface area contributed by atoms with Gasteiger partial charge < -0.3 is 0 Å². The van der Waals surface area contributed by atoms with Gasteiger partial charge in [0, 0.05) is 10.9 Å². The SMILES string of the molecule is [B]c1cc2cc(C3CCCC3)ccc2c(-c2cc(C3CCCC3)cc(C3CCCC3)c2)n1. The maximum atomic E-state index is 6.37. The first-order valence-electron chi connectivity index (χ1n) is 13.1. The highest BCUT2D eigenvalue weighted by atomic mass is 14.7. The minimum Gasteiger partial charge on any atom is -0.264 e. The molecule has 2 aromatic carbocycles. The maximum Gasteiger partial charge on any atom is 0.141 e. The summed E-state index contributed by atoms with van der Waals surface area (Å²) in [5.74, 6) is 2.16. The fraction of sp³-hybridized carbons (Fsp3) is 0.500. The minimum absolute atomic E-state index is 0.643. The average Bonchev–Trinajstić information content (AvgIpc) is 3.60. The van der Waals surface area contributed by atoms with Crippen LogP contribution in [0.2, 0.25) is 0 Å². The predicted octanol–water partition coefficient (Wildman–Crippen LogP) is 7.67. The zero-order chi connectivity index (χ0) is 21.5. The highest BCUT2D eigenvalue weighted by molar-refractivity contribution is 6.32. The van der Waals surface area contributed by atoms with Gasteiger partial charge in [-0.3, -0.25) is 4.98 Å². The summed E-state index contributed by atoms with van der Waals surface area (Å²) in [6.07, 6.45) is 16.2. The van der Waals surface area contributed by atoms with E-state index in [1.165, 1.54) is 98.9 Å². The van der Waals surface area contributed by atoms with E-state index in [9.17, 15) is 0 Å². The summed E-state index contributed by atoms with van der Waals surface area (Å²) in [7, 11) is 6.37. The molecule has 32 heavy (non-hydrogen) atoms. The Morgan fingerprint density at radius 3 is 1.69 bits per heavy atom. The number of hydrogen-bond acceptors (Lipinski definition) is 1. The van der Waals surface area contributed by atoms with E-state index < -0.39 is 0 Å². The smallest absolute Gasteiger partial charge is 0.141 e. The zero-order valence-electron chi connectivity index (χ0n) is 19.3. The molecule has 0 unspecified atom stereocenters. The van der Waals surface area contributed by atoms with Crippen LogP contribution < -0.4 is 5.59 Å². The average molecular weight is 419 g/mol. The predicted molar refractivity (Wildman–Crippen MR) is 136 cm³/mol. The molecular formula is C30H34BN. The lowest BCUT2D eigenvalue weighted by Gasteiger charge is -2.19. The van der Waals surface area contributed by atoms with E-state index in [1.807, 2.05) is 0 Å². The Morgan fingerprint density at radius 1 is 0.594 bits per heavy atom. The molecule has 0 amide bonds. The number of pyridine rings is 1. The molecule has 6 rings (SSSR count).